The zero-order valence-corrected chi connectivity index (χ0v) is 19.1. The van der Waals surface area contributed by atoms with Crippen LogP contribution >= 0.6 is 46.2 Å². The molecule has 15 heteroatoms. The number of aliphatic carboxylic acids is 1. The van der Waals surface area contributed by atoms with Crippen LogP contribution in [0.5, 0.6) is 0 Å². The normalized spacial score (nSPS) is 21.5. The first-order valence-corrected chi connectivity index (χ1v) is 12.5. The first kappa shape index (κ1) is 22.0. The molecule has 0 aromatic carbocycles. The van der Waals surface area contributed by atoms with Gasteiger partial charge < -0.3 is 21.3 Å². The monoisotopic (exact) mass is 500 g/mol. The molecule has 0 radical (unpaired) electrons. The van der Waals surface area contributed by atoms with Crippen molar-refractivity contribution in [3.63, 3.8) is 0 Å². The third kappa shape index (κ3) is 4.27. The number of rotatable bonds is 7. The Bertz CT molecular complexity index is 1080. The molecule has 1 unspecified atom stereocenters. The van der Waals surface area contributed by atoms with E-state index in [4.69, 9.17) is 5.73 Å². The number of anilines is 1. The van der Waals surface area contributed by atoms with Crippen molar-refractivity contribution in [2.45, 2.75) is 28.8 Å². The molecule has 2 aromatic rings. The molecule has 2 aromatic heterocycles. The SMILES string of the molecule is Cc1nnc(SCC2=C(C(=O)O)N3C(=O)[C@@H](NC(=O)C(O)c4csc(N)n4)[C@@H]3SC2)s1. The van der Waals surface area contributed by atoms with Crippen molar-refractivity contribution in [2.24, 2.45) is 0 Å². The molecule has 4 heterocycles. The van der Waals surface area contributed by atoms with E-state index in [1.807, 2.05) is 6.92 Å². The van der Waals surface area contributed by atoms with Crippen LogP contribution in [0.2, 0.25) is 0 Å². The number of nitrogen functional groups attached to an aromatic ring is 1. The summed E-state index contributed by atoms with van der Waals surface area (Å²) in [6, 6.07) is -0.933. The van der Waals surface area contributed by atoms with Crippen LogP contribution in [0.4, 0.5) is 5.13 Å². The van der Waals surface area contributed by atoms with Gasteiger partial charge in [0.05, 0.1) is 5.69 Å². The number of hydrogen-bond acceptors (Lipinski definition) is 12. The summed E-state index contributed by atoms with van der Waals surface area (Å²) in [7, 11) is 0. The quantitative estimate of drug-likeness (QED) is 0.307. The van der Waals surface area contributed by atoms with Gasteiger partial charge in [-0.05, 0) is 12.5 Å². The molecule has 2 aliphatic rings. The maximum atomic E-state index is 12.7. The predicted molar refractivity (Wildman–Crippen MR) is 117 cm³/mol. The van der Waals surface area contributed by atoms with Gasteiger partial charge in [0.2, 0.25) is 0 Å². The zero-order valence-electron chi connectivity index (χ0n) is 15.8. The molecule has 3 atom stereocenters. The number of thioether (sulfide) groups is 2. The third-order valence-electron chi connectivity index (χ3n) is 4.49. The minimum absolute atomic E-state index is 0.0687. The van der Waals surface area contributed by atoms with Crippen LogP contribution in [0, 0.1) is 6.92 Å². The number of fused-ring (bicyclic) bond motifs is 1. The summed E-state index contributed by atoms with van der Waals surface area (Å²) in [5, 5.41) is 32.2. The molecule has 4 rings (SSSR count). The second-order valence-electron chi connectivity index (χ2n) is 6.54. The summed E-state index contributed by atoms with van der Waals surface area (Å²) in [5.41, 5.74) is 6.14. The van der Waals surface area contributed by atoms with Gasteiger partial charge in [0.1, 0.15) is 22.1 Å². The molecule has 2 aliphatic heterocycles. The summed E-state index contributed by atoms with van der Waals surface area (Å²) in [5.74, 6) is -1.79. The Kier molecular flexibility index (Phi) is 6.20. The highest BCUT2D eigenvalue weighted by molar-refractivity contribution is 8.01. The van der Waals surface area contributed by atoms with Crippen molar-refractivity contribution in [1.82, 2.24) is 25.4 Å². The average Bonchev–Trinajstić information content (AvgIpc) is 3.36. The van der Waals surface area contributed by atoms with Crippen LogP contribution < -0.4 is 11.1 Å². The molecular formula is C16H16N6O5S4. The van der Waals surface area contributed by atoms with Crippen LogP contribution in [-0.4, -0.2) is 71.0 Å². The van der Waals surface area contributed by atoms with E-state index in [0.717, 1.165) is 20.7 Å². The fourth-order valence-electron chi connectivity index (χ4n) is 3.07. The number of nitrogens with one attached hydrogen (secondary N) is 1. The summed E-state index contributed by atoms with van der Waals surface area (Å²) in [4.78, 5) is 42.0. The third-order valence-corrected chi connectivity index (χ3v) is 8.58. The number of carboxylic acid groups (broad SMARTS) is 1. The van der Waals surface area contributed by atoms with Crippen molar-refractivity contribution in [3.05, 3.63) is 27.4 Å². The number of nitrogens with zero attached hydrogens (tertiary/aromatic N) is 4. The number of thiazole rings is 1. The van der Waals surface area contributed by atoms with Gasteiger partial charge in [-0.25, -0.2) is 9.78 Å². The molecular weight excluding hydrogens is 484 g/mol. The second-order valence-corrected chi connectivity index (χ2v) is 10.9. The number of hydrogen-bond donors (Lipinski definition) is 4. The lowest BCUT2D eigenvalue weighted by Crippen LogP contribution is -2.70. The lowest BCUT2D eigenvalue weighted by molar-refractivity contribution is -0.151. The number of aliphatic hydroxyl groups excluding tert-OH is 1. The van der Waals surface area contributed by atoms with Gasteiger partial charge in [-0.2, -0.15) is 0 Å². The standard InChI is InChI=1S/C16H16N6O5S4/c1-5-20-21-16(31-5)30-3-6-2-28-13-8(12(25)22(13)9(6)14(26)27)19-11(24)10(23)7-4-29-15(17)18-7/h4,8,10,13,23H,2-3H2,1H3,(H2,17,18)(H,19,24)(H,26,27)/t8-,10?,13+/m1/s1. The number of carboxylic acids is 1. The fourth-order valence-corrected chi connectivity index (χ4v) is 6.95. The number of amides is 2. The Hall–Kier alpha value is -2.20. The molecule has 2 amide bonds. The smallest absolute Gasteiger partial charge is 0.352 e. The Labute approximate surface area is 192 Å². The molecule has 1 saturated heterocycles. The maximum Gasteiger partial charge on any atom is 0.352 e. The van der Waals surface area contributed by atoms with E-state index in [-0.39, 0.29) is 16.5 Å². The Balaban J connectivity index is 1.45. The van der Waals surface area contributed by atoms with Gasteiger partial charge >= 0.3 is 5.97 Å². The molecule has 0 saturated carbocycles. The van der Waals surface area contributed by atoms with Crippen LogP contribution in [0.25, 0.3) is 0 Å². The molecule has 31 heavy (non-hydrogen) atoms. The van der Waals surface area contributed by atoms with Crippen molar-refractivity contribution in [2.75, 3.05) is 17.2 Å². The molecule has 0 bridgehead atoms. The number of carbonyl (C=O) groups excluding carboxylic acids is 2. The molecule has 1 fully saturated rings. The first-order valence-electron chi connectivity index (χ1n) is 8.78. The van der Waals surface area contributed by atoms with E-state index in [0.29, 0.717) is 17.1 Å². The Morgan fingerprint density at radius 1 is 1.45 bits per heavy atom. The van der Waals surface area contributed by atoms with Crippen molar-refractivity contribution < 1.29 is 24.6 Å². The van der Waals surface area contributed by atoms with E-state index < -0.39 is 35.3 Å². The molecule has 11 nitrogen and oxygen atoms in total. The summed E-state index contributed by atoms with van der Waals surface area (Å²) in [6.07, 6.45) is -1.57. The number of nitrogens with two attached hydrogens (primary N) is 1. The van der Waals surface area contributed by atoms with Crippen LogP contribution in [0.15, 0.2) is 21.0 Å². The van der Waals surface area contributed by atoms with E-state index in [2.05, 4.69) is 20.5 Å². The first-order chi connectivity index (χ1) is 14.8. The maximum absolute atomic E-state index is 12.7. The Morgan fingerprint density at radius 3 is 2.84 bits per heavy atom. The van der Waals surface area contributed by atoms with Crippen molar-refractivity contribution >= 4 is 69.1 Å². The zero-order chi connectivity index (χ0) is 22.3. The minimum atomic E-state index is -1.57. The van der Waals surface area contributed by atoms with Gasteiger partial charge in [-0.15, -0.1) is 33.3 Å². The van der Waals surface area contributed by atoms with Gasteiger partial charge in [0.15, 0.2) is 15.6 Å². The average molecular weight is 501 g/mol. The number of β-lactam (4-membered cyclic amide) rings is 1. The highest BCUT2D eigenvalue weighted by atomic mass is 32.2. The summed E-state index contributed by atoms with van der Waals surface area (Å²) < 4.78 is 0.721. The van der Waals surface area contributed by atoms with Crippen LogP contribution in [0.3, 0.4) is 0 Å². The number of aromatic nitrogens is 3. The second kappa shape index (κ2) is 8.74. The van der Waals surface area contributed by atoms with E-state index in [1.54, 1.807) is 0 Å². The van der Waals surface area contributed by atoms with Gasteiger partial charge in [0.25, 0.3) is 11.8 Å². The van der Waals surface area contributed by atoms with Crippen LogP contribution in [-0.2, 0) is 14.4 Å². The highest BCUT2D eigenvalue weighted by Crippen LogP contribution is 2.42. The number of aryl methyl sites for hydroxylation is 1. The summed E-state index contributed by atoms with van der Waals surface area (Å²) >= 11 is 5.22. The highest BCUT2D eigenvalue weighted by Gasteiger charge is 2.54. The Morgan fingerprint density at radius 2 is 2.23 bits per heavy atom. The summed E-state index contributed by atoms with van der Waals surface area (Å²) in [6.45, 7) is 1.83. The fraction of sp³-hybridized carbons (Fsp3) is 0.375. The van der Waals surface area contributed by atoms with Gasteiger partial charge in [-0.1, -0.05) is 23.1 Å². The lowest BCUT2D eigenvalue weighted by atomic mass is 10.0. The van der Waals surface area contributed by atoms with E-state index >= 15 is 0 Å². The number of aliphatic hydroxyl groups is 1. The molecule has 5 N–H and O–H groups in total. The predicted octanol–water partition coefficient (Wildman–Crippen LogP) is 0.450. The molecule has 0 aliphatic carbocycles. The van der Waals surface area contributed by atoms with Crippen molar-refractivity contribution in [3.8, 4) is 0 Å². The van der Waals surface area contributed by atoms with Crippen LogP contribution in [0.1, 0.15) is 16.8 Å². The molecule has 164 valence electrons. The van der Waals surface area contributed by atoms with Gasteiger partial charge in [0, 0.05) is 16.9 Å². The number of carbonyl (C=O) groups is 3. The molecule has 0 spiro atoms. The van der Waals surface area contributed by atoms with E-state index in [1.165, 1.54) is 45.1 Å². The minimum Gasteiger partial charge on any atom is -0.477 e. The van der Waals surface area contributed by atoms with Crippen molar-refractivity contribution in [1.29, 1.82) is 0 Å². The largest absolute Gasteiger partial charge is 0.477 e. The van der Waals surface area contributed by atoms with Gasteiger partial charge in [-0.3, -0.25) is 14.5 Å². The lowest BCUT2D eigenvalue weighted by Gasteiger charge is -2.49. The van der Waals surface area contributed by atoms with E-state index in [9.17, 15) is 24.6 Å². The topological polar surface area (TPSA) is 172 Å².